The number of carbonyl (C=O) groups is 1. The number of nitrogens with zero attached hydrogens (tertiary/aromatic N) is 4. The molecule has 1 saturated heterocycles. The van der Waals surface area contributed by atoms with Gasteiger partial charge in [-0.05, 0) is 31.2 Å². The maximum Gasteiger partial charge on any atom is 0.255 e. The molecule has 2 aromatic heterocycles. The van der Waals surface area contributed by atoms with E-state index >= 15 is 0 Å². The van der Waals surface area contributed by atoms with E-state index in [1.165, 1.54) is 0 Å². The van der Waals surface area contributed by atoms with Crippen molar-refractivity contribution in [3.63, 3.8) is 0 Å². The van der Waals surface area contributed by atoms with Crippen LogP contribution in [0.2, 0.25) is 0 Å². The number of anilines is 4. The number of H-pyrrole nitrogens is 1. The number of hydrogen-bond donors (Lipinski definition) is 4. The summed E-state index contributed by atoms with van der Waals surface area (Å²) in [5, 5.41) is 13.8. The Balaban J connectivity index is 1.43. The smallest absolute Gasteiger partial charge is 0.255 e. The minimum Gasteiger partial charge on any atom is -0.382 e. The van der Waals surface area contributed by atoms with Crippen LogP contribution in [0.25, 0.3) is 22.2 Å². The maximum absolute atomic E-state index is 12.9. The molecule has 10 nitrogen and oxygen atoms in total. The second-order valence-electron chi connectivity index (χ2n) is 8.23. The highest BCUT2D eigenvalue weighted by Gasteiger charge is 2.32. The van der Waals surface area contributed by atoms with Gasteiger partial charge >= 0.3 is 0 Å². The molecule has 0 unspecified atom stereocenters. The third-order valence-electron chi connectivity index (χ3n) is 5.89. The Morgan fingerprint density at radius 3 is 2.79 bits per heavy atom. The van der Waals surface area contributed by atoms with Crippen molar-refractivity contribution in [3.8, 4) is 11.3 Å². The molecule has 1 fully saturated rings. The van der Waals surface area contributed by atoms with Crippen LogP contribution >= 0.6 is 0 Å². The molecule has 0 radical (unpaired) electrons. The molecule has 174 valence electrons. The minimum absolute atomic E-state index is 0.0307. The van der Waals surface area contributed by atoms with Crippen molar-refractivity contribution in [1.82, 2.24) is 20.2 Å². The number of nitrogens with one attached hydrogen (secondary N) is 3. The molecule has 1 aliphatic rings. The summed E-state index contributed by atoms with van der Waals surface area (Å²) in [6, 6.07) is 17.2. The van der Waals surface area contributed by atoms with Crippen molar-refractivity contribution in [3.05, 3.63) is 54.6 Å². The van der Waals surface area contributed by atoms with Crippen molar-refractivity contribution in [2.24, 2.45) is 0 Å². The first kappa shape index (κ1) is 21.7. The summed E-state index contributed by atoms with van der Waals surface area (Å²) in [4.78, 5) is 24.3. The summed E-state index contributed by atoms with van der Waals surface area (Å²) in [6.07, 6.45) is -0.628. The van der Waals surface area contributed by atoms with Crippen molar-refractivity contribution in [2.45, 2.75) is 19.1 Å². The number of nitrogen functional groups attached to an aromatic ring is 1. The van der Waals surface area contributed by atoms with Gasteiger partial charge in [-0.2, -0.15) is 10.1 Å². The van der Waals surface area contributed by atoms with E-state index in [9.17, 15) is 4.79 Å². The van der Waals surface area contributed by atoms with Crippen molar-refractivity contribution < 1.29 is 9.53 Å². The molecule has 4 aromatic rings. The summed E-state index contributed by atoms with van der Waals surface area (Å²) in [5.41, 5.74) is 9.11. The lowest BCUT2D eigenvalue weighted by Crippen LogP contribution is -2.52. The summed E-state index contributed by atoms with van der Waals surface area (Å²) >= 11 is 0. The number of aromatic nitrogens is 4. The lowest BCUT2D eigenvalue weighted by Gasteiger charge is -2.38. The van der Waals surface area contributed by atoms with Gasteiger partial charge in [0.1, 0.15) is 5.82 Å². The highest BCUT2D eigenvalue weighted by Crippen LogP contribution is 2.29. The van der Waals surface area contributed by atoms with Crippen LogP contribution in [-0.2, 0) is 9.53 Å². The number of morpholine rings is 1. The highest BCUT2D eigenvalue weighted by atomic mass is 16.5. The van der Waals surface area contributed by atoms with E-state index in [2.05, 4.69) is 35.7 Å². The molecule has 1 aliphatic heterocycles. The average molecular weight is 459 g/mol. The predicted octanol–water partition coefficient (Wildman–Crippen LogP) is 2.88. The molecule has 2 atom stereocenters. The summed E-state index contributed by atoms with van der Waals surface area (Å²) in [7, 11) is 1.78. The number of ether oxygens (including phenoxy) is 1. The molecule has 5 N–H and O–H groups in total. The second kappa shape index (κ2) is 8.99. The molecule has 3 heterocycles. The fourth-order valence-electron chi connectivity index (χ4n) is 4.02. The third kappa shape index (κ3) is 4.23. The molecule has 34 heavy (non-hydrogen) atoms. The van der Waals surface area contributed by atoms with E-state index in [0.717, 1.165) is 27.8 Å². The Hall–Kier alpha value is -4.18. The highest BCUT2D eigenvalue weighted by molar-refractivity contribution is 5.95. The van der Waals surface area contributed by atoms with Gasteiger partial charge < -0.3 is 26.0 Å². The topological polar surface area (TPSA) is 134 Å². The fraction of sp³-hybridized carbons (Fsp3) is 0.250. The lowest BCUT2D eigenvalue weighted by molar-refractivity contribution is -0.128. The van der Waals surface area contributed by atoms with Crippen molar-refractivity contribution in [1.29, 1.82) is 0 Å². The summed E-state index contributed by atoms with van der Waals surface area (Å²) in [5.74, 6) is 1.48. The molecular weight excluding hydrogens is 432 g/mol. The zero-order valence-electron chi connectivity index (χ0n) is 18.9. The number of amides is 1. The summed E-state index contributed by atoms with van der Waals surface area (Å²) < 4.78 is 5.86. The van der Waals surface area contributed by atoms with E-state index in [1.807, 2.05) is 61.5 Å². The first-order valence-corrected chi connectivity index (χ1v) is 11.1. The van der Waals surface area contributed by atoms with Gasteiger partial charge in [-0.15, -0.1) is 0 Å². The second-order valence-corrected chi connectivity index (χ2v) is 8.23. The van der Waals surface area contributed by atoms with Gasteiger partial charge in [-0.1, -0.05) is 24.3 Å². The van der Waals surface area contributed by atoms with Gasteiger partial charge in [0.25, 0.3) is 5.91 Å². The summed E-state index contributed by atoms with van der Waals surface area (Å²) in [6.45, 7) is 2.82. The quantitative estimate of drug-likeness (QED) is 0.359. The van der Waals surface area contributed by atoms with E-state index in [-0.39, 0.29) is 11.9 Å². The number of aromatic amines is 1. The van der Waals surface area contributed by atoms with E-state index in [0.29, 0.717) is 30.7 Å². The molecule has 0 aliphatic carbocycles. The van der Waals surface area contributed by atoms with Crippen LogP contribution in [0.15, 0.2) is 54.6 Å². The zero-order valence-corrected chi connectivity index (χ0v) is 18.9. The van der Waals surface area contributed by atoms with Gasteiger partial charge in [-0.3, -0.25) is 9.89 Å². The fourth-order valence-corrected chi connectivity index (χ4v) is 4.02. The van der Waals surface area contributed by atoms with Crippen LogP contribution in [0.4, 0.5) is 23.3 Å². The Kier molecular flexibility index (Phi) is 5.72. The Morgan fingerprint density at radius 1 is 1.18 bits per heavy atom. The molecule has 0 saturated carbocycles. The number of rotatable bonds is 5. The average Bonchev–Trinajstić information content (AvgIpc) is 3.24. The molecule has 10 heteroatoms. The number of nitrogens with two attached hydrogens (primary N) is 1. The molecule has 0 bridgehead atoms. The number of benzene rings is 2. The van der Waals surface area contributed by atoms with E-state index in [1.54, 1.807) is 7.05 Å². The first-order chi connectivity index (χ1) is 16.5. The van der Waals surface area contributed by atoms with Gasteiger partial charge in [0.2, 0.25) is 5.95 Å². The van der Waals surface area contributed by atoms with Gasteiger partial charge in [-0.25, -0.2) is 4.98 Å². The van der Waals surface area contributed by atoms with Gasteiger partial charge in [0.15, 0.2) is 11.9 Å². The van der Waals surface area contributed by atoms with Gasteiger partial charge in [0, 0.05) is 29.8 Å². The standard InChI is InChI=1S/C24H26N8O2/c1-14-13-34-20(23(33)27-16-6-4-3-5-7-16)12-32(14)21-11-18(28-24(26-2)29-21)15-8-9-17-19(10-15)30-31-22(17)25/h3-11,14,20H,12-13H2,1-2H3,(H,27,33)(H3,25,30,31)(H,26,28,29)/t14-,20+/m1/s1. The van der Waals surface area contributed by atoms with Crippen LogP contribution in [-0.4, -0.2) is 58.4 Å². The SMILES string of the molecule is CNc1nc(-c2ccc3c(N)n[nH]c3c2)cc(N2C[C@@H](C(=O)Nc3ccccc3)OC[C@H]2C)n1. The lowest BCUT2D eigenvalue weighted by atomic mass is 10.1. The zero-order chi connectivity index (χ0) is 23.7. The Bertz CT molecular complexity index is 1320. The van der Waals surface area contributed by atoms with Crippen molar-refractivity contribution in [2.75, 3.05) is 41.5 Å². The normalized spacial score (nSPS) is 18.1. The number of carbonyl (C=O) groups excluding carboxylic acids is 1. The van der Waals surface area contributed by atoms with Gasteiger partial charge in [0.05, 0.1) is 30.4 Å². The van der Waals surface area contributed by atoms with Crippen LogP contribution in [0.1, 0.15) is 6.92 Å². The molecule has 5 rings (SSSR count). The third-order valence-corrected chi connectivity index (χ3v) is 5.89. The number of fused-ring (bicyclic) bond motifs is 1. The minimum atomic E-state index is -0.628. The number of para-hydroxylation sites is 1. The largest absolute Gasteiger partial charge is 0.382 e. The molecular formula is C24H26N8O2. The maximum atomic E-state index is 12.9. The van der Waals surface area contributed by atoms with Crippen LogP contribution < -0.4 is 21.3 Å². The molecule has 2 aromatic carbocycles. The molecule has 1 amide bonds. The number of hydrogen-bond acceptors (Lipinski definition) is 8. The molecule has 0 spiro atoms. The first-order valence-electron chi connectivity index (χ1n) is 11.1. The van der Waals surface area contributed by atoms with Crippen molar-refractivity contribution >= 4 is 40.1 Å². The van der Waals surface area contributed by atoms with E-state index in [4.69, 9.17) is 10.5 Å². The monoisotopic (exact) mass is 458 g/mol. The van der Waals surface area contributed by atoms with Crippen LogP contribution in [0.3, 0.4) is 0 Å². The van der Waals surface area contributed by atoms with E-state index < -0.39 is 6.10 Å². The van der Waals surface area contributed by atoms with Crippen LogP contribution in [0, 0.1) is 0 Å². The Morgan fingerprint density at radius 2 is 2.00 bits per heavy atom. The Labute approximate surface area is 196 Å². The van der Waals surface area contributed by atoms with Crippen LogP contribution in [0.5, 0.6) is 0 Å². The predicted molar refractivity (Wildman–Crippen MR) is 133 cm³/mol.